The van der Waals surface area contributed by atoms with Crippen LogP contribution in [-0.2, 0) is 0 Å². The first-order valence-corrected chi connectivity index (χ1v) is 6.26. The number of rotatable bonds is 6. The van der Waals surface area contributed by atoms with Crippen LogP contribution in [-0.4, -0.2) is 6.04 Å². The molecule has 0 aliphatic rings. The van der Waals surface area contributed by atoms with Gasteiger partial charge in [0.15, 0.2) is 0 Å². The van der Waals surface area contributed by atoms with Crippen LogP contribution in [0, 0.1) is 6.92 Å². The van der Waals surface area contributed by atoms with E-state index < -0.39 is 0 Å². The van der Waals surface area contributed by atoms with Gasteiger partial charge in [-0.1, -0.05) is 32.3 Å². The Morgan fingerprint density at radius 2 is 2.06 bits per heavy atom. The molecule has 0 bridgehead atoms. The number of benzene rings is 1. The first-order chi connectivity index (χ1) is 7.63. The average Bonchev–Trinajstić information content (AvgIpc) is 2.24. The van der Waals surface area contributed by atoms with E-state index in [0.717, 1.165) is 5.69 Å². The van der Waals surface area contributed by atoms with Gasteiger partial charge in [0.1, 0.15) is 0 Å². The van der Waals surface area contributed by atoms with Gasteiger partial charge >= 0.3 is 0 Å². The molecular formula is C14H24N2. The van der Waals surface area contributed by atoms with Crippen molar-refractivity contribution >= 4 is 11.4 Å². The van der Waals surface area contributed by atoms with Crippen LogP contribution in [0.5, 0.6) is 0 Å². The van der Waals surface area contributed by atoms with Crippen LogP contribution < -0.4 is 11.1 Å². The fourth-order valence-corrected chi connectivity index (χ4v) is 1.83. The van der Waals surface area contributed by atoms with Crippen molar-refractivity contribution in [2.75, 3.05) is 11.1 Å². The maximum atomic E-state index is 5.78. The van der Waals surface area contributed by atoms with Crippen molar-refractivity contribution in [1.82, 2.24) is 0 Å². The molecule has 0 saturated heterocycles. The van der Waals surface area contributed by atoms with Crippen molar-refractivity contribution in [3.8, 4) is 0 Å². The fraction of sp³-hybridized carbons (Fsp3) is 0.571. The minimum absolute atomic E-state index is 0.520. The minimum Gasteiger partial charge on any atom is -0.399 e. The van der Waals surface area contributed by atoms with Crippen LogP contribution in [0.25, 0.3) is 0 Å². The lowest BCUT2D eigenvalue weighted by Gasteiger charge is -2.17. The third-order valence-corrected chi connectivity index (χ3v) is 2.90. The second kappa shape index (κ2) is 6.41. The van der Waals surface area contributed by atoms with Crippen molar-refractivity contribution in [2.45, 2.75) is 52.5 Å². The molecule has 0 amide bonds. The second-order valence-electron chi connectivity index (χ2n) is 4.62. The van der Waals surface area contributed by atoms with Crippen LogP contribution in [0.1, 0.15) is 45.1 Å². The number of hydrogen-bond donors (Lipinski definition) is 2. The smallest absolute Gasteiger partial charge is 0.0392 e. The van der Waals surface area contributed by atoms with Gasteiger partial charge < -0.3 is 11.1 Å². The van der Waals surface area contributed by atoms with E-state index in [4.69, 9.17) is 5.73 Å². The van der Waals surface area contributed by atoms with Gasteiger partial charge in [-0.2, -0.15) is 0 Å². The first kappa shape index (κ1) is 12.9. The Morgan fingerprint density at radius 1 is 1.31 bits per heavy atom. The summed E-state index contributed by atoms with van der Waals surface area (Å²) in [5, 5.41) is 3.53. The highest BCUT2D eigenvalue weighted by Crippen LogP contribution is 2.20. The lowest BCUT2D eigenvalue weighted by atomic mass is 10.1. The third kappa shape index (κ3) is 4.13. The van der Waals surface area contributed by atoms with E-state index in [1.54, 1.807) is 0 Å². The topological polar surface area (TPSA) is 38.0 Å². The number of nitrogens with two attached hydrogens (primary N) is 1. The van der Waals surface area contributed by atoms with Gasteiger partial charge in [-0.15, -0.1) is 0 Å². The molecule has 0 aliphatic carbocycles. The maximum Gasteiger partial charge on any atom is 0.0392 e. The summed E-state index contributed by atoms with van der Waals surface area (Å²) in [6, 6.07) is 6.55. The van der Waals surface area contributed by atoms with Crippen molar-refractivity contribution in [1.29, 1.82) is 0 Å². The van der Waals surface area contributed by atoms with Gasteiger partial charge in [0.25, 0.3) is 0 Å². The van der Waals surface area contributed by atoms with Crippen LogP contribution in [0.15, 0.2) is 18.2 Å². The molecule has 0 saturated carbocycles. The number of nitrogens with one attached hydrogen (secondary N) is 1. The van der Waals surface area contributed by atoms with Crippen molar-refractivity contribution < 1.29 is 0 Å². The summed E-state index contributed by atoms with van der Waals surface area (Å²) in [4.78, 5) is 0. The molecule has 2 heteroatoms. The van der Waals surface area contributed by atoms with E-state index in [-0.39, 0.29) is 0 Å². The Labute approximate surface area is 99.2 Å². The Balaban J connectivity index is 2.48. The third-order valence-electron chi connectivity index (χ3n) is 2.90. The largest absolute Gasteiger partial charge is 0.399 e. The van der Waals surface area contributed by atoms with Crippen molar-refractivity contribution in [3.63, 3.8) is 0 Å². The summed E-state index contributed by atoms with van der Waals surface area (Å²) in [6.45, 7) is 6.58. The number of aryl methyl sites for hydroxylation is 1. The summed E-state index contributed by atoms with van der Waals surface area (Å²) < 4.78 is 0. The maximum absolute atomic E-state index is 5.78. The van der Waals surface area contributed by atoms with Gasteiger partial charge in [-0.05, 0) is 38.0 Å². The van der Waals surface area contributed by atoms with E-state index >= 15 is 0 Å². The fourth-order valence-electron chi connectivity index (χ4n) is 1.83. The molecule has 1 aromatic carbocycles. The molecule has 1 atom stereocenters. The predicted molar refractivity (Wildman–Crippen MR) is 72.8 cm³/mol. The molecule has 3 N–H and O–H groups in total. The Kier molecular flexibility index (Phi) is 5.17. The Bertz CT molecular complexity index is 321. The molecule has 90 valence electrons. The summed E-state index contributed by atoms with van der Waals surface area (Å²) in [5.74, 6) is 0. The molecule has 1 unspecified atom stereocenters. The number of anilines is 2. The lowest BCUT2D eigenvalue weighted by molar-refractivity contribution is 0.615. The average molecular weight is 220 g/mol. The van der Waals surface area contributed by atoms with Crippen LogP contribution in [0.4, 0.5) is 11.4 Å². The minimum atomic E-state index is 0.520. The summed E-state index contributed by atoms with van der Waals surface area (Å²) in [7, 11) is 0. The second-order valence-corrected chi connectivity index (χ2v) is 4.62. The Morgan fingerprint density at radius 3 is 2.75 bits per heavy atom. The highest BCUT2D eigenvalue weighted by Gasteiger charge is 2.04. The van der Waals surface area contributed by atoms with Crippen molar-refractivity contribution in [3.05, 3.63) is 23.8 Å². The van der Waals surface area contributed by atoms with E-state index in [2.05, 4.69) is 32.2 Å². The predicted octanol–water partition coefficient (Wildman–Crippen LogP) is 3.96. The number of nitrogen functional groups attached to an aromatic ring is 1. The number of hydrogen-bond acceptors (Lipinski definition) is 2. The molecule has 0 aliphatic heterocycles. The summed E-state index contributed by atoms with van der Waals surface area (Å²) in [6.07, 6.45) is 5.13. The molecule has 0 heterocycles. The number of unbranched alkanes of at least 4 members (excludes halogenated alkanes) is 2. The normalized spacial score (nSPS) is 12.4. The van der Waals surface area contributed by atoms with Gasteiger partial charge in [0.2, 0.25) is 0 Å². The molecule has 1 aromatic rings. The quantitative estimate of drug-likeness (QED) is 0.562. The Hall–Kier alpha value is -1.18. The highest BCUT2D eigenvalue weighted by atomic mass is 14.9. The van der Waals surface area contributed by atoms with Gasteiger partial charge in [0, 0.05) is 17.4 Å². The molecule has 0 aromatic heterocycles. The lowest BCUT2D eigenvalue weighted by Crippen LogP contribution is -2.15. The summed E-state index contributed by atoms with van der Waals surface area (Å²) >= 11 is 0. The molecule has 0 fully saturated rings. The van der Waals surface area contributed by atoms with Crippen LogP contribution >= 0.6 is 0 Å². The van der Waals surface area contributed by atoms with Gasteiger partial charge in [-0.3, -0.25) is 0 Å². The van der Waals surface area contributed by atoms with Crippen molar-refractivity contribution in [2.24, 2.45) is 0 Å². The van der Waals surface area contributed by atoms with E-state index in [1.165, 1.54) is 36.9 Å². The zero-order valence-electron chi connectivity index (χ0n) is 10.7. The van der Waals surface area contributed by atoms with Gasteiger partial charge in [0.05, 0.1) is 0 Å². The van der Waals surface area contributed by atoms with Crippen LogP contribution in [0.2, 0.25) is 0 Å². The van der Waals surface area contributed by atoms with Gasteiger partial charge in [-0.25, -0.2) is 0 Å². The molecule has 1 rings (SSSR count). The van der Waals surface area contributed by atoms with Crippen LogP contribution in [0.3, 0.4) is 0 Å². The monoisotopic (exact) mass is 220 g/mol. The highest BCUT2D eigenvalue weighted by molar-refractivity contribution is 5.59. The standard InChI is InChI=1S/C14H24N2/c1-4-5-6-7-12(3)16-14-10-13(15)9-8-11(14)2/h8-10,12,16H,4-7,15H2,1-3H3. The molecule has 16 heavy (non-hydrogen) atoms. The van der Waals surface area contributed by atoms with E-state index in [0.29, 0.717) is 6.04 Å². The zero-order chi connectivity index (χ0) is 12.0. The molecule has 0 radical (unpaired) electrons. The molecular weight excluding hydrogens is 196 g/mol. The summed E-state index contributed by atoms with van der Waals surface area (Å²) in [5.41, 5.74) is 9.04. The molecule has 0 spiro atoms. The van der Waals surface area contributed by atoms with E-state index in [9.17, 15) is 0 Å². The molecule has 2 nitrogen and oxygen atoms in total. The SMILES string of the molecule is CCCCCC(C)Nc1cc(N)ccc1C. The first-order valence-electron chi connectivity index (χ1n) is 6.26. The zero-order valence-corrected chi connectivity index (χ0v) is 10.7. The van der Waals surface area contributed by atoms with E-state index in [1.807, 2.05) is 12.1 Å².